The Labute approximate surface area is 200 Å². The number of nitrogens with zero attached hydrogens (tertiary/aromatic N) is 4. The van der Waals surface area contributed by atoms with Crippen LogP contribution in [-0.4, -0.2) is 47.1 Å². The predicted octanol–water partition coefficient (Wildman–Crippen LogP) is 5.26. The third-order valence-electron chi connectivity index (χ3n) is 5.72. The molecule has 3 N–H and O–H groups in total. The lowest BCUT2D eigenvalue weighted by Crippen LogP contribution is -2.50. The number of nitrogens with two attached hydrogens (primary N) is 1. The molecule has 9 heteroatoms. The fourth-order valence-corrected chi connectivity index (χ4v) is 5.13. The van der Waals surface area contributed by atoms with Crippen molar-refractivity contribution in [2.24, 2.45) is 0 Å². The molecule has 5 rings (SSSR count). The van der Waals surface area contributed by atoms with Crippen molar-refractivity contribution in [2.45, 2.75) is 6.92 Å². The Hall–Kier alpha value is -3.36. The number of halogens is 1. The van der Waals surface area contributed by atoms with Crippen LogP contribution >= 0.6 is 22.9 Å². The average Bonchev–Trinajstić information content (AvgIpc) is 3.23. The Morgan fingerprint density at radius 3 is 2.58 bits per heavy atom. The Kier molecular flexibility index (Phi) is 5.78. The molecule has 33 heavy (non-hydrogen) atoms. The molecule has 2 aromatic carbocycles. The second kappa shape index (κ2) is 8.88. The van der Waals surface area contributed by atoms with Crippen molar-refractivity contribution in [1.82, 2.24) is 14.9 Å². The summed E-state index contributed by atoms with van der Waals surface area (Å²) in [5.74, 6) is 1.06. The van der Waals surface area contributed by atoms with Crippen molar-refractivity contribution >= 4 is 56.6 Å². The molecular formula is C24H23ClN6OS. The fraction of sp³-hybridized carbons (Fsp3) is 0.208. The number of urea groups is 1. The van der Waals surface area contributed by atoms with Gasteiger partial charge in [0.05, 0.1) is 5.39 Å². The van der Waals surface area contributed by atoms with Crippen LogP contribution in [0.1, 0.15) is 5.56 Å². The van der Waals surface area contributed by atoms with Gasteiger partial charge in [-0.25, -0.2) is 9.78 Å². The SMILES string of the molecule is Cc1cccc(NC(=O)N2CCN(c3nc(N)nc4scc(-c5ccc(Cl)cc5)c34)CC2)c1. The molecule has 0 spiro atoms. The van der Waals surface area contributed by atoms with Crippen LogP contribution in [0.2, 0.25) is 5.02 Å². The van der Waals surface area contributed by atoms with Gasteiger partial charge in [0.2, 0.25) is 5.95 Å². The maximum Gasteiger partial charge on any atom is 0.321 e. The molecule has 1 fully saturated rings. The number of carbonyl (C=O) groups is 1. The molecule has 0 saturated carbocycles. The van der Waals surface area contributed by atoms with Gasteiger partial charge in [-0.2, -0.15) is 4.98 Å². The first kappa shape index (κ1) is 21.5. The molecule has 2 amide bonds. The maximum absolute atomic E-state index is 12.8. The summed E-state index contributed by atoms with van der Waals surface area (Å²) in [5, 5.41) is 6.75. The minimum Gasteiger partial charge on any atom is -0.368 e. The van der Waals surface area contributed by atoms with Gasteiger partial charge in [0.15, 0.2) is 0 Å². The average molecular weight is 479 g/mol. The number of amides is 2. The van der Waals surface area contributed by atoms with E-state index in [1.54, 1.807) is 11.3 Å². The molecular weight excluding hydrogens is 456 g/mol. The molecule has 0 unspecified atom stereocenters. The summed E-state index contributed by atoms with van der Waals surface area (Å²) in [4.78, 5) is 26.7. The lowest BCUT2D eigenvalue weighted by Gasteiger charge is -2.35. The zero-order valence-corrected chi connectivity index (χ0v) is 19.7. The van der Waals surface area contributed by atoms with Crippen molar-refractivity contribution < 1.29 is 4.79 Å². The molecule has 0 aliphatic carbocycles. The number of aromatic nitrogens is 2. The predicted molar refractivity (Wildman–Crippen MR) is 136 cm³/mol. The summed E-state index contributed by atoms with van der Waals surface area (Å²) in [6, 6.07) is 15.5. The third kappa shape index (κ3) is 4.44. The van der Waals surface area contributed by atoms with Crippen LogP contribution in [0.15, 0.2) is 53.9 Å². The summed E-state index contributed by atoms with van der Waals surface area (Å²) in [6.45, 7) is 4.49. The van der Waals surface area contributed by atoms with Crippen LogP contribution < -0.4 is 16.0 Å². The minimum atomic E-state index is -0.0926. The minimum absolute atomic E-state index is 0.0926. The summed E-state index contributed by atoms with van der Waals surface area (Å²) in [6.07, 6.45) is 0. The van der Waals surface area contributed by atoms with Crippen molar-refractivity contribution in [3.63, 3.8) is 0 Å². The zero-order chi connectivity index (χ0) is 22.9. The number of nitrogen functional groups attached to an aromatic ring is 1. The molecule has 1 aliphatic rings. The molecule has 1 saturated heterocycles. The molecule has 1 aliphatic heterocycles. The van der Waals surface area contributed by atoms with E-state index in [1.165, 1.54) is 0 Å². The number of piperazine rings is 1. The van der Waals surface area contributed by atoms with Crippen LogP contribution in [0.25, 0.3) is 21.3 Å². The Balaban J connectivity index is 1.37. The van der Waals surface area contributed by atoms with Gasteiger partial charge in [-0.05, 0) is 42.3 Å². The fourth-order valence-electron chi connectivity index (χ4n) is 4.06. The Morgan fingerprint density at radius 2 is 1.85 bits per heavy atom. The van der Waals surface area contributed by atoms with Gasteiger partial charge in [0, 0.05) is 47.8 Å². The van der Waals surface area contributed by atoms with E-state index in [-0.39, 0.29) is 12.0 Å². The number of carbonyl (C=O) groups excluding carboxylic acids is 1. The second-order valence-electron chi connectivity index (χ2n) is 8.02. The van der Waals surface area contributed by atoms with E-state index in [0.717, 1.165) is 38.4 Å². The van der Waals surface area contributed by atoms with Gasteiger partial charge in [0.25, 0.3) is 0 Å². The lowest BCUT2D eigenvalue weighted by atomic mass is 10.1. The normalized spacial score (nSPS) is 14.0. The van der Waals surface area contributed by atoms with Crippen LogP contribution in [0.3, 0.4) is 0 Å². The second-order valence-corrected chi connectivity index (χ2v) is 9.31. The van der Waals surface area contributed by atoms with E-state index >= 15 is 0 Å². The topological polar surface area (TPSA) is 87.4 Å². The first-order chi connectivity index (χ1) is 16.0. The highest BCUT2D eigenvalue weighted by atomic mass is 35.5. The smallest absolute Gasteiger partial charge is 0.321 e. The molecule has 4 aromatic rings. The quantitative estimate of drug-likeness (QED) is 0.419. The zero-order valence-electron chi connectivity index (χ0n) is 18.1. The molecule has 7 nitrogen and oxygen atoms in total. The molecule has 168 valence electrons. The number of hydrogen-bond donors (Lipinski definition) is 2. The third-order valence-corrected chi connectivity index (χ3v) is 6.85. The number of rotatable bonds is 3. The number of fused-ring (bicyclic) bond motifs is 1. The summed E-state index contributed by atoms with van der Waals surface area (Å²) < 4.78 is 0. The van der Waals surface area contributed by atoms with Gasteiger partial charge in [0.1, 0.15) is 10.6 Å². The van der Waals surface area contributed by atoms with Gasteiger partial charge >= 0.3 is 6.03 Å². The number of nitrogens with one attached hydrogen (secondary N) is 1. The van der Waals surface area contributed by atoms with Crippen molar-refractivity contribution in [1.29, 1.82) is 0 Å². The molecule has 0 radical (unpaired) electrons. The van der Waals surface area contributed by atoms with E-state index in [0.29, 0.717) is 31.2 Å². The number of benzene rings is 2. The standard InChI is InChI=1S/C24H23ClN6OS/c1-15-3-2-4-18(13-15)27-24(32)31-11-9-30(10-12-31)21-20-19(16-5-7-17(25)8-6-16)14-33-22(20)29-23(26)28-21/h2-8,13-14H,9-12H2,1H3,(H,27,32)(H2,26,28,29). The van der Waals surface area contributed by atoms with Crippen LogP contribution in [0.5, 0.6) is 0 Å². The van der Waals surface area contributed by atoms with Crippen LogP contribution in [0.4, 0.5) is 22.2 Å². The number of aryl methyl sites for hydroxylation is 1. The van der Waals surface area contributed by atoms with E-state index < -0.39 is 0 Å². The molecule has 3 heterocycles. The van der Waals surface area contributed by atoms with Crippen LogP contribution in [0, 0.1) is 6.92 Å². The van der Waals surface area contributed by atoms with Crippen molar-refractivity contribution in [3.8, 4) is 11.1 Å². The first-order valence-corrected chi connectivity index (χ1v) is 11.9. The number of thiophene rings is 1. The summed E-state index contributed by atoms with van der Waals surface area (Å²) >= 11 is 7.63. The van der Waals surface area contributed by atoms with E-state index in [2.05, 4.69) is 25.6 Å². The number of anilines is 3. The number of hydrogen-bond acceptors (Lipinski definition) is 6. The van der Waals surface area contributed by atoms with Crippen molar-refractivity contribution in [2.75, 3.05) is 42.1 Å². The first-order valence-electron chi connectivity index (χ1n) is 10.7. The highest BCUT2D eigenvalue weighted by Crippen LogP contribution is 2.39. The maximum atomic E-state index is 12.8. The largest absolute Gasteiger partial charge is 0.368 e. The van der Waals surface area contributed by atoms with Gasteiger partial charge in [-0.3, -0.25) is 0 Å². The highest BCUT2D eigenvalue weighted by Gasteiger charge is 2.25. The van der Waals surface area contributed by atoms with Crippen molar-refractivity contribution in [3.05, 3.63) is 64.5 Å². The molecule has 0 bridgehead atoms. The molecule has 2 aromatic heterocycles. The Morgan fingerprint density at radius 1 is 1.09 bits per heavy atom. The monoisotopic (exact) mass is 478 g/mol. The van der Waals surface area contributed by atoms with E-state index in [4.69, 9.17) is 17.3 Å². The van der Waals surface area contributed by atoms with E-state index in [1.807, 2.05) is 60.4 Å². The van der Waals surface area contributed by atoms with Gasteiger partial charge in [-0.15, -0.1) is 11.3 Å². The Bertz CT molecular complexity index is 1310. The summed E-state index contributed by atoms with van der Waals surface area (Å²) in [7, 11) is 0. The van der Waals surface area contributed by atoms with E-state index in [9.17, 15) is 4.79 Å². The highest BCUT2D eigenvalue weighted by molar-refractivity contribution is 7.17. The molecule has 0 atom stereocenters. The summed E-state index contributed by atoms with van der Waals surface area (Å²) in [5.41, 5.74) is 10.1. The van der Waals surface area contributed by atoms with Crippen LogP contribution in [-0.2, 0) is 0 Å². The lowest BCUT2D eigenvalue weighted by molar-refractivity contribution is 0.208. The van der Waals surface area contributed by atoms with Gasteiger partial charge in [-0.1, -0.05) is 35.9 Å². The van der Waals surface area contributed by atoms with Gasteiger partial charge < -0.3 is 20.9 Å².